The van der Waals surface area contributed by atoms with E-state index in [-0.39, 0.29) is 0 Å². The number of hydrogen-bond donors (Lipinski definition) is 1. The van der Waals surface area contributed by atoms with E-state index in [0.29, 0.717) is 0 Å². The van der Waals surface area contributed by atoms with Gasteiger partial charge in [-0.3, -0.25) is 0 Å². The van der Waals surface area contributed by atoms with Crippen LogP contribution in [-0.4, -0.2) is 16.5 Å². The van der Waals surface area contributed by atoms with Crippen LogP contribution in [-0.2, 0) is 6.54 Å². The summed E-state index contributed by atoms with van der Waals surface area (Å²) < 4.78 is 0. The predicted molar refractivity (Wildman–Crippen MR) is 86.0 cm³/mol. The largest absolute Gasteiger partial charge is 0.311 e. The Kier molecular flexibility index (Phi) is 4.20. The molecule has 0 saturated heterocycles. The van der Waals surface area contributed by atoms with Gasteiger partial charge in [0.25, 0.3) is 0 Å². The van der Waals surface area contributed by atoms with Gasteiger partial charge in [-0.2, -0.15) is 0 Å². The molecule has 0 radical (unpaired) electrons. The zero-order chi connectivity index (χ0) is 13.8. The first-order valence-electron chi connectivity index (χ1n) is 6.53. The van der Waals surface area contributed by atoms with Gasteiger partial charge in [0.1, 0.15) is 10.7 Å². The topological polar surface area (TPSA) is 37.8 Å². The molecule has 2 aromatic heterocycles. The summed E-state index contributed by atoms with van der Waals surface area (Å²) in [5, 5.41) is 6.40. The molecule has 0 fully saturated rings. The molecule has 3 rings (SSSR count). The number of benzene rings is 1. The molecule has 3 nitrogen and oxygen atoms in total. The summed E-state index contributed by atoms with van der Waals surface area (Å²) in [6.45, 7) is 3.84. The molecule has 1 N–H and O–H groups in total. The second-order valence-electron chi connectivity index (χ2n) is 4.31. The van der Waals surface area contributed by atoms with Crippen LogP contribution in [0.15, 0.2) is 41.2 Å². The minimum absolute atomic E-state index is 0.793. The molecule has 0 aliphatic rings. The van der Waals surface area contributed by atoms with Gasteiger partial charge in [-0.15, -0.1) is 22.7 Å². The second-order valence-corrected chi connectivity index (χ2v) is 6.03. The van der Waals surface area contributed by atoms with Gasteiger partial charge in [0.2, 0.25) is 0 Å². The van der Waals surface area contributed by atoms with Gasteiger partial charge in [-0.05, 0) is 12.1 Å². The lowest BCUT2D eigenvalue weighted by Crippen LogP contribution is -2.12. The number of nitrogens with one attached hydrogen (secondary N) is 1. The van der Waals surface area contributed by atoms with Crippen LogP contribution in [0.3, 0.4) is 0 Å². The first-order valence-corrected chi connectivity index (χ1v) is 8.29. The van der Waals surface area contributed by atoms with Crippen LogP contribution in [0, 0.1) is 0 Å². The maximum absolute atomic E-state index is 4.77. The van der Waals surface area contributed by atoms with Crippen molar-refractivity contribution in [2.24, 2.45) is 0 Å². The summed E-state index contributed by atoms with van der Waals surface area (Å²) in [5.41, 5.74) is 5.15. The van der Waals surface area contributed by atoms with E-state index < -0.39 is 0 Å². The number of thiazole rings is 2. The summed E-state index contributed by atoms with van der Waals surface area (Å²) in [6.07, 6.45) is 0. The molecule has 0 bridgehead atoms. The van der Waals surface area contributed by atoms with Gasteiger partial charge >= 0.3 is 0 Å². The van der Waals surface area contributed by atoms with Crippen LogP contribution >= 0.6 is 22.7 Å². The van der Waals surface area contributed by atoms with Crippen molar-refractivity contribution in [3.05, 3.63) is 46.9 Å². The van der Waals surface area contributed by atoms with E-state index in [9.17, 15) is 0 Å². The highest BCUT2D eigenvalue weighted by Crippen LogP contribution is 2.35. The molecule has 0 atom stereocenters. The van der Waals surface area contributed by atoms with Crippen LogP contribution in [0.2, 0.25) is 0 Å². The third-order valence-electron chi connectivity index (χ3n) is 2.93. The molecule has 0 amide bonds. The standard InChI is InChI=1S/C15H15N3S2/c1-2-16-8-12-14(11-6-4-3-5-7-11)20-15(18-12)13-9-19-10-17-13/h3-7,9-10,16H,2,8H2,1H3. The van der Waals surface area contributed by atoms with Crippen LogP contribution in [0.1, 0.15) is 12.6 Å². The highest BCUT2D eigenvalue weighted by Gasteiger charge is 2.14. The Hall–Kier alpha value is -1.56. The Morgan fingerprint density at radius 1 is 1.20 bits per heavy atom. The predicted octanol–water partition coefficient (Wildman–Crippen LogP) is 4.04. The monoisotopic (exact) mass is 301 g/mol. The van der Waals surface area contributed by atoms with Crippen molar-refractivity contribution >= 4 is 22.7 Å². The highest BCUT2D eigenvalue weighted by molar-refractivity contribution is 7.18. The normalized spacial score (nSPS) is 10.8. The number of rotatable bonds is 5. The number of nitrogens with zero attached hydrogens (tertiary/aromatic N) is 2. The fourth-order valence-corrected chi connectivity index (χ4v) is 3.62. The highest BCUT2D eigenvalue weighted by atomic mass is 32.1. The minimum atomic E-state index is 0.793. The Labute approximate surface area is 126 Å². The number of aromatic nitrogens is 2. The zero-order valence-corrected chi connectivity index (χ0v) is 12.8. The van der Waals surface area contributed by atoms with Crippen molar-refractivity contribution in [1.82, 2.24) is 15.3 Å². The first kappa shape index (κ1) is 13.4. The zero-order valence-electron chi connectivity index (χ0n) is 11.2. The molecule has 0 aliphatic carbocycles. The second kappa shape index (κ2) is 6.26. The van der Waals surface area contributed by atoms with Crippen LogP contribution in [0.5, 0.6) is 0 Å². The average Bonchev–Trinajstić information content (AvgIpc) is 3.15. The van der Waals surface area contributed by atoms with Crippen molar-refractivity contribution in [1.29, 1.82) is 0 Å². The van der Waals surface area contributed by atoms with Crippen molar-refractivity contribution < 1.29 is 0 Å². The smallest absolute Gasteiger partial charge is 0.143 e. The molecule has 0 spiro atoms. The van der Waals surface area contributed by atoms with Crippen molar-refractivity contribution in [2.45, 2.75) is 13.5 Å². The van der Waals surface area contributed by atoms with Gasteiger partial charge in [0.15, 0.2) is 0 Å². The summed E-state index contributed by atoms with van der Waals surface area (Å²) in [4.78, 5) is 10.4. The van der Waals surface area contributed by atoms with Gasteiger partial charge in [-0.25, -0.2) is 9.97 Å². The Balaban J connectivity index is 2.02. The molecule has 2 heterocycles. The summed E-state index contributed by atoms with van der Waals surface area (Å²) in [6, 6.07) is 10.4. The van der Waals surface area contributed by atoms with E-state index in [1.54, 1.807) is 22.7 Å². The molecule has 0 aliphatic heterocycles. The maximum Gasteiger partial charge on any atom is 0.143 e. The lowest BCUT2D eigenvalue weighted by atomic mass is 10.1. The molecular formula is C15H15N3S2. The molecule has 5 heteroatoms. The Morgan fingerprint density at radius 3 is 2.75 bits per heavy atom. The van der Waals surface area contributed by atoms with Crippen molar-refractivity contribution in [2.75, 3.05) is 6.54 Å². The molecule has 0 unspecified atom stereocenters. The van der Waals surface area contributed by atoms with E-state index in [2.05, 4.69) is 41.5 Å². The van der Waals surface area contributed by atoms with Crippen LogP contribution in [0.25, 0.3) is 21.1 Å². The minimum Gasteiger partial charge on any atom is -0.311 e. The SMILES string of the molecule is CCNCc1nc(-c2cscn2)sc1-c1ccccc1. The van der Waals surface area contributed by atoms with Gasteiger partial charge in [0.05, 0.1) is 16.1 Å². The van der Waals surface area contributed by atoms with Gasteiger partial charge in [-0.1, -0.05) is 37.3 Å². The average molecular weight is 301 g/mol. The molecule has 0 saturated carbocycles. The van der Waals surface area contributed by atoms with Crippen molar-refractivity contribution in [3.8, 4) is 21.1 Å². The van der Waals surface area contributed by atoms with E-state index in [1.165, 1.54) is 10.4 Å². The first-order chi connectivity index (χ1) is 9.88. The van der Waals surface area contributed by atoms with Gasteiger partial charge in [0, 0.05) is 11.9 Å². The molecule has 1 aromatic carbocycles. The number of hydrogen-bond acceptors (Lipinski definition) is 5. The molecule has 20 heavy (non-hydrogen) atoms. The van der Waals surface area contributed by atoms with E-state index in [4.69, 9.17) is 4.98 Å². The van der Waals surface area contributed by atoms with E-state index in [0.717, 1.165) is 29.5 Å². The third-order valence-corrected chi connectivity index (χ3v) is 4.68. The van der Waals surface area contributed by atoms with E-state index >= 15 is 0 Å². The third kappa shape index (κ3) is 2.80. The fraction of sp³-hybridized carbons (Fsp3) is 0.200. The fourth-order valence-electron chi connectivity index (χ4n) is 1.96. The maximum atomic E-state index is 4.77. The Bertz CT molecular complexity index is 660. The quantitative estimate of drug-likeness (QED) is 0.773. The van der Waals surface area contributed by atoms with Gasteiger partial charge < -0.3 is 5.32 Å². The lowest BCUT2D eigenvalue weighted by Gasteiger charge is -2.02. The van der Waals surface area contributed by atoms with Crippen molar-refractivity contribution in [3.63, 3.8) is 0 Å². The lowest BCUT2D eigenvalue weighted by molar-refractivity contribution is 0.716. The summed E-state index contributed by atoms with van der Waals surface area (Å²) >= 11 is 3.32. The Morgan fingerprint density at radius 2 is 2.05 bits per heavy atom. The summed E-state index contributed by atoms with van der Waals surface area (Å²) in [7, 11) is 0. The van der Waals surface area contributed by atoms with E-state index in [1.807, 2.05) is 17.0 Å². The molecular weight excluding hydrogens is 286 g/mol. The van der Waals surface area contributed by atoms with Crippen LogP contribution in [0.4, 0.5) is 0 Å². The van der Waals surface area contributed by atoms with Crippen LogP contribution < -0.4 is 5.32 Å². The molecule has 102 valence electrons. The summed E-state index contributed by atoms with van der Waals surface area (Å²) in [5.74, 6) is 0. The molecule has 3 aromatic rings.